The Morgan fingerprint density at radius 2 is 1.32 bits per heavy atom. The van der Waals surface area contributed by atoms with Crippen LogP contribution in [0.25, 0.3) is 0 Å². The third-order valence-electron chi connectivity index (χ3n) is 9.06. The molecule has 2 aromatic carbocycles. The van der Waals surface area contributed by atoms with Gasteiger partial charge in [-0.05, 0) is 75.5 Å². The summed E-state index contributed by atoms with van der Waals surface area (Å²) in [6, 6.07) is 14.5. The monoisotopic (exact) mass is 735 g/mol. The van der Waals surface area contributed by atoms with Gasteiger partial charge in [0, 0.05) is 25.6 Å². The van der Waals surface area contributed by atoms with E-state index in [9.17, 15) is 28.8 Å². The molecule has 0 bridgehead atoms. The first-order valence-corrected chi connectivity index (χ1v) is 18.6. The van der Waals surface area contributed by atoms with Crippen molar-refractivity contribution in [2.24, 2.45) is 17.4 Å². The Morgan fingerprint density at radius 3 is 1.89 bits per heavy atom. The van der Waals surface area contributed by atoms with Crippen molar-refractivity contribution in [2.75, 3.05) is 26.2 Å². The average molecular weight is 736 g/mol. The standard InChI is InChI=1S/C39H57N7O7/c1-4-53-39(52)37(50)42-29-18-21-46(22-19-29)38(51)31(17-11-12-20-40)43-35(48)32(23-26(2)3)45-36(49)33(25-28-15-9-6-10-16-28)44-34(47)30(41)24-27-13-7-5-8-14-27/h5-10,13-16,26,29-33H,4,11-12,17-25,40-41H2,1-3H3,(H,42,50)(H,43,48)(H,44,47)(H,45,49)/t30-,31-,32-,33-/m1/s1. The summed E-state index contributed by atoms with van der Waals surface area (Å²) in [7, 11) is 0. The van der Waals surface area contributed by atoms with E-state index in [2.05, 4.69) is 21.3 Å². The number of carbonyl (C=O) groups is 6. The summed E-state index contributed by atoms with van der Waals surface area (Å²) in [5, 5.41) is 11.3. The van der Waals surface area contributed by atoms with Gasteiger partial charge in [-0.1, -0.05) is 74.5 Å². The molecule has 8 N–H and O–H groups in total. The number of piperidine rings is 1. The van der Waals surface area contributed by atoms with Gasteiger partial charge in [0.1, 0.15) is 18.1 Å². The zero-order valence-corrected chi connectivity index (χ0v) is 31.2. The highest BCUT2D eigenvalue weighted by Gasteiger charge is 2.34. The van der Waals surface area contributed by atoms with Crippen LogP contribution >= 0.6 is 0 Å². The van der Waals surface area contributed by atoms with Crippen molar-refractivity contribution in [2.45, 2.75) is 102 Å². The number of nitrogens with zero attached hydrogens (tertiary/aromatic N) is 1. The van der Waals surface area contributed by atoms with Crippen LogP contribution in [0.3, 0.4) is 0 Å². The van der Waals surface area contributed by atoms with E-state index in [4.69, 9.17) is 16.2 Å². The van der Waals surface area contributed by atoms with Gasteiger partial charge >= 0.3 is 11.9 Å². The fourth-order valence-corrected chi connectivity index (χ4v) is 6.20. The van der Waals surface area contributed by atoms with E-state index >= 15 is 0 Å². The van der Waals surface area contributed by atoms with E-state index in [1.165, 1.54) is 0 Å². The highest BCUT2D eigenvalue weighted by Crippen LogP contribution is 2.15. The van der Waals surface area contributed by atoms with Crippen molar-refractivity contribution in [1.82, 2.24) is 26.2 Å². The maximum atomic E-state index is 13.9. The lowest BCUT2D eigenvalue weighted by atomic mass is 9.99. The maximum absolute atomic E-state index is 13.9. The number of ether oxygens (including phenoxy) is 1. The number of hydrogen-bond donors (Lipinski definition) is 6. The molecule has 1 aliphatic rings. The number of unbranched alkanes of at least 4 members (excludes halogenated alkanes) is 1. The van der Waals surface area contributed by atoms with Crippen LogP contribution in [0.5, 0.6) is 0 Å². The Labute approximate surface area is 312 Å². The highest BCUT2D eigenvalue weighted by molar-refractivity contribution is 6.32. The predicted molar refractivity (Wildman–Crippen MR) is 201 cm³/mol. The van der Waals surface area contributed by atoms with Crippen molar-refractivity contribution in [3.63, 3.8) is 0 Å². The largest absolute Gasteiger partial charge is 0.459 e. The molecule has 1 saturated heterocycles. The van der Waals surface area contributed by atoms with Crippen LogP contribution in [0.2, 0.25) is 0 Å². The van der Waals surface area contributed by atoms with Crippen LogP contribution in [-0.4, -0.2) is 96.9 Å². The van der Waals surface area contributed by atoms with Gasteiger partial charge in [-0.25, -0.2) is 4.79 Å². The number of likely N-dealkylation sites (tertiary alicyclic amines) is 1. The van der Waals surface area contributed by atoms with Crippen molar-refractivity contribution in [1.29, 1.82) is 0 Å². The number of carbonyl (C=O) groups excluding carboxylic acids is 6. The van der Waals surface area contributed by atoms with E-state index in [1.54, 1.807) is 11.8 Å². The Kier molecular flexibility index (Phi) is 17.9. The minimum absolute atomic E-state index is 0.00254. The zero-order valence-electron chi connectivity index (χ0n) is 31.2. The highest BCUT2D eigenvalue weighted by atomic mass is 16.5. The molecule has 1 aliphatic heterocycles. The summed E-state index contributed by atoms with van der Waals surface area (Å²) < 4.78 is 4.76. The van der Waals surface area contributed by atoms with E-state index in [-0.39, 0.29) is 43.7 Å². The van der Waals surface area contributed by atoms with E-state index in [0.717, 1.165) is 11.1 Å². The molecule has 0 aromatic heterocycles. The average Bonchev–Trinajstić information content (AvgIpc) is 3.14. The second-order valence-corrected chi connectivity index (χ2v) is 13.9. The third kappa shape index (κ3) is 14.6. The minimum atomic E-state index is -1.03. The second kappa shape index (κ2) is 22.3. The smallest absolute Gasteiger partial charge is 0.396 e. The zero-order chi connectivity index (χ0) is 38.8. The number of nitrogens with two attached hydrogens (primary N) is 2. The molecule has 14 nitrogen and oxygen atoms in total. The summed E-state index contributed by atoms with van der Waals surface area (Å²) in [5.41, 5.74) is 13.7. The molecular formula is C39H57N7O7. The van der Waals surface area contributed by atoms with Gasteiger partial charge < -0.3 is 42.4 Å². The molecular weight excluding hydrogens is 678 g/mol. The Balaban J connectivity index is 1.72. The van der Waals surface area contributed by atoms with Crippen LogP contribution in [0, 0.1) is 5.92 Å². The van der Waals surface area contributed by atoms with Crippen LogP contribution < -0.4 is 32.7 Å². The van der Waals surface area contributed by atoms with Crippen LogP contribution in [0.4, 0.5) is 0 Å². The number of nitrogens with one attached hydrogen (secondary N) is 4. The Hall–Kier alpha value is -4.82. The fourth-order valence-electron chi connectivity index (χ4n) is 6.20. The molecule has 2 aromatic rings. The van der Waals surface area contributed by atoms with Crippen molar-refractivity contribution < 1.29 is 33.5 Å². The van der Waals surface area contributed by atoms with Crippen molar-refractivity contribution in [3.8, 4) is 0 Å². The normalized spacial score (nSPS) is 15.4. The number of amides is 5. The molecule has 4 atom stereocenters. The molecule has 0 aliphatic carbocycles. The number of benzene rings is 2. The van der Waals surface area contributed by atoms with Gasteiger partial charge in [-0.15, -0.1) is 0 Å². The maximum Gasteiger partial charge on any atom is 0.396 e. The quantitative estimate of drug-likeness (QED) is 0.0691. The van der Waals surface area contributed by atoms with Gasteiger partial charge in [0.2, 0.25) is 23.6 Å². The van der Waals surface area contributed by atoms with Crippen molar-refractivity contribution >= 4 is 35.5 Å². The molecule has 0 unspecified atom stereocenters. The summed E-state index contributed by atoms with van der Waals surface area (Å²) >= 11 is 0. The van der Waals surface area contributed by atoms with Crippen LogP contribution in [0.1, 0.15) is 70.4 Å². The molecule has 1 fully saturated rings. The lowest BCUT2D eigenvalue weighted by Gasteiger charge is -2.35. The molecule has 0 spiro atoms. The van der Waals surface area contributed by atoms with Gasteiger partial charge in [0.05, 0.1) is 12.6 Å². The van der Waals surface area contributed by atoms with Gasteiger partial charge in [0.15, 0.2) is 0 Å². The molecule has 290 valence electrons. The van der Waals surface area contributed by atoms with E-state index in [0.29, 0.717) is 51.7 Å². The van der Waals surface area contributed by atoms with E-state index in [1.807, 2.05) is 74.5 Å². The summed E-state index contributed by atoms with van der Waals surface area (Å²) in [5.74, 6) is -3.60. The lowest BCUT2D eigenvalue weighted by Crippen LogP contribution is -2.59. The molecule has 5 amide bonds. The van der Waals surface area contributed by atoms with E-state index < -0.39 is 53.8 Å². The predicted octanol–water partition coefficient (Wildman–Crippen LogP) is 1.10. The van der Waals surface area contributed by atoms with Gasteiger partial charge in [0.25, 0.3) is 0 Å². The number of hydrogen-bond acceptors (Lipinski definition) is 9. The Morgan fingerprint density at radius 1 is 0.774 bits per heavy atom. The van der Waals surface area contributed by atoms with Crippen LogP contribution in [0.15, 0.2) is 60.7 Å². The SMILES string of the molecule is CCOC(=O)C(=O)NC1CCN(C(=O)[C@@H](CCCCN)NC(=O)[C@@H](CC(C)C)NC(=O)[C@@H](Cc2ccccc2)NC(=O)[C@H](N)Cc2ccccc2)CC1. The third-order valence-corrected chi connectivity index (χ3v) is 9.06. The Bertz CT molecular complexity index is 1480. The van der Waals surface area contributed by atoms with Gasteiger partial charge in [-0.3, -0.25) is 24.0 Å². The summed E-state index contributed by atoms with van der Waals surface area (Å²) in [6.07, 6.45) is 3.18. The molecule has 53 heavy (non-hydrogen) atoms. The molecule has 3 rings (SSSR count). The molecule has 0 radical (unpaired) electrons. The first kappa shape index (κ1) is 42.6. The van der Waals surface area contributed by atoms with Crippen LogP contribution in [-0.2, 0) is 46.3 Å². The molecule has 0 saturated carbocycles. The first-order chi connectivity index (χ1) is 25.4. The summed E-state index contributed by atoms with van der Waals surface area (Å²) in [4.78, 5) is 80.5. The second-order valence-electron chi connectivity index (χ2n) is 13.9. The molecule has 14 heteroatoms. The number of rotatable bonds is 19. The summed E-state index contributed by atoms with van der Waals surface area (Å²) in [6.45, 7) is 6.61. The topological polar surface area (TPSA) is 215 Å². The van der Waals surface area contributed by atoms with Crippen molar-refractivity contribution in [3.05, 3.63) is 71.8 Å². The lowest BCUT2D eigenvalue weighted by molar-refractivity contribution is -0.155. The molecule has 1 heterocycles. The fraction of sp³-hybridized carbons (Fsp3) is 0.538. The minimum Gasteiger partial charge on any atom is -0.459 e. The number of esters is 1. The van der Waals surface area contributed by atoms with Gasteiger partial charge in [-0.2, -0.15) is 0 Å². The first-order valence-electron chi connectivity index (χ1n) is 18.6.